The zero-order valence-corrected chi connectivity index (χ0v) is 14.2. The molecule has 22 heavy (non-hydrogen) atoms. The van der Waals surface area contributed by atoms with Crippen molar-refractivity contribution in [1.82, 2.24) is 4.57 Å². The maximum Gasteiger partial charge on any atom is 0.299 e. The molecule has 0 spiro atoms. The highest BCUT2D eigenvalue weighted by Gasteiger charge is 2.16. The van der Waals surface area contributed by atoms with Crippen molar-refractivity contribution in [3.8, 4) is 0 Å². The molecule has 0 unspecified atom stereocenters. The molecular formula is C17H19BrN2O2. The normalized spacial score (nSPS) is 16.9. The van der Waals surface area contributed by atoms with Crippen LogP contribution in [0.1, 0.15) is 48.2 Å². The minimum absolute atomic E-state index is 0.194. The van der Waals surface area contributed by atoms with Gasteiger partial charge in [0.25, 0.3) is 5.91 Å². The fourth-order valence-electron chi connectivity index (χ4n) is 2.81. The highest BCUT2D eigenvalue weighted by Crippen LogP contribution is 2.20. The monoisotopic (exact) mass is 362 g/mol. The average molecular weight is 363 g/mol. The summed E-state index contributed by atoms with van der Waals surface area (Å²) in [6.07, 6.45) is 7.72. The second-order valence-electron chi connectivity index (χ2n) is 5.76. The maximum absolute atomic E-state index is 12.6. The van der Waals surface area contributed by atoms with Gasteiger partial charge >= 0.3 is 0 Å². The quantitative estimate of drug-likeness (QED) is 0.807. The summed E-state index contributed by atoms with van der Waals surface area (Å²) in [4.78, 5) is 17.4. The average Bonchev–Trinajstić information content (AvgIpc) is 2.94. The summed E-state index contributed by atoms with van der Waals surface area (Å²) < 4.78 is 7.51. The van der Waals surface area contributed by atoms with E-state index in [9.17, 15) is 4.79 Å². The molecule has 0 bridgehead atoms. The molecule has 4 nitrogen and oxygen atoms in total. The Labute approximate surface area is 138 Å². The highest BCUT2D eigenvalue weighted by atomic mass is 79.9. The number of rotatable bonds is 2. The molecule has 1 aliphatic carbocycles. The Bertz CT molecular complexity index is 739. The first-order valence-corrected chi connectivity index (χ1v) is 8.46. The SMILES string of the molecule is Cc1ccn(C(=O)c2ccc(Br)o2)c(=NC2CCCCC2)c1. The van der Waals surface area contributed by atoms with Gasteiger partial charge in [-0.3, -0.25) is 14.4 Å². The molecule has 0 N–H and O–H groups in total. The lowest BCUT2D eigenvalue weighted by molar-refractivity contribution is 0.0925. The summed E-state index contributed by atoms with van der Waals surface area (Å²) in [5, 5.41) is 0. The summed E-state index contributed by atoms with van der Waals surface area (Å²) in [6.45, 7) is 2.01. The lowest BCUT2D eigenvalue weighted by Gasteiger charge is -2.17. The third-order valence-electron chi connectivity index (χ3n) is 3.98. The van der Waals surface area contributed by atoms with Crippen LogP contribution < -0.4 is 5.49 Å². The molecule has 2 aromatic rings. The van der Waals surface area contributed by atoms with E-state index in [1.54, 1.807) is 22.9 Å². The van der Waals surface area contributed by atoms with Gasteiger partial charge in [0.1, 0.15) is 5.49 Å². The molecule has 5 heteroatoms. The van der Waals surface area contributed by atoms with Crippen LogP contribution in [0.3, 0.4) is 0 Å². The second kappa shape index (κ2) is 6.65. The smallest absolute Gasteiger partial charge is 0.299 e. The molecular weight excluding hydrogens is 344 g/mol. The van der Waals surface area contributed by atoms with E-state index in [2.05, 4.69) is 15.9 Å². The van der Waals surface area contributed by atoms with Crippen LogP contribution in [0.5, 0.6) is 0 Å². The van der Waals surface area contributed by atoms with E-state index in [4.69, 9.17) is 9.41 Å². The first kappa shape index (κ1) is 15.3. The summed E-state index contributed by atoms with van der Waals surface area (Å²) in [5.41, 5.74) is 1.81. The maximum atomic E-state index is 12.6. The van der Waals surface area contributed by atoms with Crippen molar-refractivity contribution >= 4 is 21.8 Å². The number of carbonyl (C=O) groups is 1. The molecule has 3 rings (SSSR count). The fraction of sp³-hybridized carbons (Fsp3) is 0.412. The van der Waals surface area contributed by atoms with E-state index in [0.29, 0.717) is 22.0 Å². The van der Waals surface area contributed by atoms with E-state index in [-0.39, 0.29) is 5.91 Å². The number of halogens is 1. The Hall–Kier alpha value is -1.62. The van der Waals surface area contributed by atoms with Crippen LogP contribution in [-0.2, 0) is 0 Å². The van der Waals surface area contributed by atoms with Crippen LogP contribution in [0, 0.1) is 6.92 Å². The molecule has 1 aliphatic rings. The summed E-state index contributed by atoms with van der Waals surface area (Å²) >= 11 is 3.23. The van der Waals surface area contributed by atoms with Crippen molar-refractivity contribution in [2.45, 2.75) is 45.1 Å². The first-order valence-electron chi connectivity index (χ1n) is 7.67. The summed E-state index contributed by atoms with van der Waals surface area (Å²) in [5.74, 6) is 0.112. The number of furan rings is 1. The van der Waals surface area contributed by atoms with E-state index in [1.165, 1.54) is 19.3 Å². The molecule has 0 atom stereocenters. The number of hydrogen-bond acceptors (Lipinski definition) is 3. The standard InChI is InChI=1S/C17H19BrN2O2/c1-12-9-10-20(17(21)14-7-8-15(18)22-14)16(11-12)19-13-5-3-2-4-6-13/h7-11,13H,2-6H2,1H3. The zero-order valence-electron chi connectivity index (χ0n) is 12.6. The van der Waals surface area contributed by atoms with Crippen molar-refractivity contribution in [2.24, 2.45) is 4.99 Å². The molecule has 1 saturated carbocycles. The number of pyridine rings is 1. The minimum atomic E-state index is -0.194. The lowest BCUT2D eigenvalue weighted by atomic mass is 9.96. The molecule has 116 valence electrons. The van der Waals surface area contributed by atoms with E-state index >= 15 is 0 Å². The van der Waals surface area contributed by atoms with Gasteiger partial charge in [-0.25, -0.2) is 0 Å². The van der Waals surface area contributed by atoms with Crippen molar-refractivity contribution in [3.63, 3.8) is 0 Å². The Morgan fingerprint density at radius 1 is 1.27 bits per heavy atom. The number of aromatic nitrogens is 1. The third-order valence-corrected chi connectivity index (χ3v) is 4.41. The first-order chi connectivity index (χ1) is 10.6. The van der Waals surface area contributed by atoms with Gasteiger partial charge in [0.05, 0.1) is 6.04 Å². The molecule has 0 aliphatic heterocycles. The molecule has 0 saturated heterocycles. The van der Waals surface area contributed by atoms with Gasteiger partial charge in [0, 0.05) is 6.20 Å². The van der Waals surface area contributed by atoms with Crippen LogP contribution in [0.2, 0.25) is 0 Å². The van der Waals surface area contributed by atoms with Crippen LogP contribution >= 0.6 is 15.9 Å². The van der Waals surface area contributed by atoms with E-state index < -0.39 is 0 Å². The molecule has 2 heterocycles. The fourth-order valence-corrected chi connectivity index (χ4v) is 3.11. The minimum Gasteiger partial charge on any atom is -0.444 e. The number of nitrogens with zero attached hydrogens (tertiary/aromatic N) is 2. The largest absolute Gasteiger partial charge is 0.444 e. The van der Waals surface area contributed by atoms with Gasteiger partial charge in [-0.1, -0.05) is 19.3 Å². The zero-order chi connectivity index (χ0) is 15.5. The molecule has 0 radical (unpaired) electrons. The van der Waals surface area contributed by atoms with Crippen molar-refractivity contribution in [2.75, 3.05) is 0 Å². The number of aryl methyl sites for hydroxylation is 1. The second-order valence-corrected chi connectivity index (χ2v) is 6.54. The Kier molecular flexibility index (Phi) is 4.62. The molecule has 0 aromatic carbocycles. The topological polar surface area (TPSA) is 47.5 Å². The van der Waals surface area contributed by atoms with Gasteiger partial charge < -0.3 is 4.42 Å². The number of carbonyl (C=O) groups excluding carboxylic acids is 1. The van der Waals surface area contributed by atoms with E-state index in [1.807, 2.05) is 19.1 Å². The van der Waals surface area contributed by atoms with Crippen molar-refractivity contribution < 1.29 is 9.21 Å². The Morgan fingerprint density at radius 2 is 2.05 bits per heavy atom. The van der Waals surface area contributed by atoms with Gasteiger partial charge in [-0.15, -0.1) is 0 Å². The van der Waals surface area contributed by atoms with Crippen molar-refractivity contribution in [3.05, 3.63) is 51.9 Å². The van der Waals surface area contributed by atoms with Crippen LogP contribution in [-0.4, -0.2) is 16.5 Å². The summed E-state index contributed by atoms with van der Waals surface area (Å²) in [7, 11) is 0. The van der Waals surface area contributed by atoms with E-state index in [0.717, 1.165) is 18.4 Å². The Balaban J connectivity index is 2.00. The molecule has 1 fully saturated rings. The molecule has 0 amide bonds. The van der Waals surface area contributed by atoms with Gasteiger partial charge in [-0.2, -0.15) is 0 Å². The van der Waals surface area contributed by atoms with Crippen LogP contribution in [0.25, 0.3) is 0 Å². The highest BCUT2D eigenvalue weighted by molar-refractivity contribution is 9.10. The van der Waals surface area contributed by atoms with Crippen LogP contribution in [0.4, 0.5) is 0 Å². The number of hydrogen-bond donors (Lipinski definition) is 0. The van der Waals surface area contributed by atoms with Gasteiger partial charge in [0.15, 0.2) is 10.4 Å². The third kappa shape index (κ3) is 3.40. The van der Waals surface area contributed by atoms with Crippen LogP contribution in [0.15, 0.2) is 44.5 Å². The molecule has 2 aromatic heterocycles. The predicted molar refractivity (Wildman–Crippen MR) is 87.7 cm³/mol. The van der Waals surface area contributed by atoms with Gasteiger partial charge in [0.2, 0.25) is 0 Å². The van der Waals surface area contributed by atoms with Gasteiger partial charge in [-0.05, 0) is 65.5 Å². The predicted octanol–water partition coefficient (Wildman–Crippen LogP) is 4.07. The van der Waals surface area contributed by atoms with Crippen molar-refractivity contribution in [1.29, 1.82) is 0 Å². The summed E-state index contributed by atoms with van der Waals surface area (Å²) in [6, 6.07) is 7.59. The lowest BCUT2D eigenvalue weighted by Crippen LogP contribution is -2.29. The Morgan fingerprint density at radius 3 is 2.73 bits per heavy atom.